The topological polar surface area (TPSA) is 155 Å². The highest BCUT2D eigenvalue weighted by Crippen LogP contribution is 2.43. The molecule has 0 fully saturated rings. The normalized spacial score (nSPS) is 13.9. The van der Waals surface area contributed by atoms with Crippen molar-refractivity contribution in [3.63, 3.8) is 0 Å². The van der Waals surface area contributed by atoms with Crippen molar-refractivity contribution in [1.82, 2.24) is 0 Å². The summed E-state index contributed by atoms with van der Waals surface area (Å²) in [5.41, 5.74) is 5.35. The van der Waals surface area contributed by atoms with Crippen LogP contribution in [0.25, 0.3) is 0 Å². The molecule has 0 saturated carbocycles. The minimum absolute atomic E-state index is 0.0609. The second-order valence-corrected chi connectivity index (χ2v) is 16.7. The zero-order chi connectivity index (χ0) is 39.8. The minimum Gasteiger partial charge on any atom is -0.498 e. The number of aliphatic carboxylic acids is 1. The summed E-state index contributed by atoms with van der Waals surface area (Å²) in [5, 5.41) is 8.89. The summed E-state index contributed by atoms with van der Waals surface area (Å²) in [6.45, 7) is 3.30. The van der Waals surface area contributed by atoms with Gasteiger partial charge in [-0.3, -0.25) is 18.6 Å². The molecule has 0 aliphatic rings. The van der Waals surface area contributed by atoms with Crippen LogP contribution < -0.4 is 5.73 Å². The summed E-state index contributed by atoms with van der Waals surface area (Å²) >= 11 is 0. The average Bonchev–Trinajstić information content (AvgIpc) is 3.15. The van der Waals surface area contributed by atoms with Gasteiger partial charge in [0.15, 0.2) is 6.10 Å². The Morgan fingerprint density at radius 2 is 0.944 bits per heavy atom. The molecule has 0 heterocycles. The van der Waals surface area contributed by atoms with Crippen molar-refractivity contribution in [3.05, 3.63) is 12.3 Å². The van der Waals surface area contributed by atoms with E-state index in [2.05, 4.69) is 13.8 Å². The zero-order valence-corrected chi connectivity index (χ0v) is 35.7. The number of ether oxygens (including phenoxy) is 2. The van der Waals surface area contributed by atoms with E-state index in [9.17, 15) is 19.0 Å². The molecule has 0 aromatic heterocycles. The molecule has 0 radical (unpaired) electrons. The van der Waals surface area contributed by atoms with E-state index in [1.807, 2.05) is 6.08 Å². The van der Waals surface area contributed by atoms with E-state index in [1.54, 1.807) is 6.26 Å². The van der Waals surface area contributed by atoms with Crippen molar-refractivity contribution in [3.8, 4) is 0 Å². The highest BCUT2D eigenvalue weighted by Gasteiger charge is 2.27. The molecule has 11 heteroatoms. The quantitative estimate of drug-likeness (QED) is 0.0235. The first-order valence-corrected chi connectivity index (χ1v) is 23.8. The minimum atomic E-state index is -4.62. The van der Waals surface area contributed by atoms with Crippen molar-refractivity contribution in [2.24, 2.45) is 5.73 Å². The summed E-state index contributed by atoms with van der Waals surface area (Å²) in [4.78, 5) is 33.5. The Morgan fingerprint density at radius 1 is 0.574 bits per heavy atom. The first-order valence-electron chi connectivity index (χ1n) is 22.3. The van der Waals surface area contributed by atoms with Crippen LogP contribution in [0.3, 0.4) is 0 Å². The van der Waals surface area contributed by atoms with Crippen LogP contribution in [-0.4, -0.2) is 53.9 Å². The van der Waals surface area contributed by atoms with E-state index in [1.165, 1.54) is 167 Å². The lowest BCUT2D eigenvalue weighted by atomic mass is 10.0. The third kappa shape index (κ3) is 38.8. The number of allylic oxidation sites excluding steroid dienone is 1. The molecule has 4 N–H and O–H groups in total. The SMILES string of the molecule is CCCCCCCCCCCCCCCCCC/C=C\OC[C@H](COP(=O)(O)OC[C@H](N)C(=O)O)OC(=O)CCCCCCCCCCCCCCCC. The Hall–Kier alpha value is -1.45. The van der Waals surface area contributed by atoms with E-state index in [4.69, 9.17) is 29.4 Å². The van der Waals surface area contributed by atoms with Gasteiger partial charge in [-0.2, -0.15) is 0 Å². The summed E-state index contributed by atoms with van der Waals surface area (Å²) in [6, 6.07) is -1.48. The molecule has 10 nitrogen and oxygen atoms in total. The van der Waals surface area contributed by atoms with Gasteiger partial charge in [-0.15, -0.1) is 0 Å². The van der Waals surface area contributed by atoms with Crippen LogP contribution in [0.4, 0.5) is 0 Å². The Labute approximate surface area is 331 Å². The van der Waals surface area contributed by atoms with Gasteiger partial charge < -0.3 is 25.2 Å². The Balaban J connectivity index is 4.23. The molecule has 0 saturated heterocycles. The molecule has 3 atom stereocenters. The van der Waals surface area contributed by atoms with Gasteiger partial charge in [-0.1, -0.05) is 194 Å². The van der Waals surface area contributed by atoms with Crippen molar-refractivity contribution >= 4 is 19.8 Å². The summed E-state index contributed by atoms with van der Waals surface area (Å²) in [5.74, 6) is -1.80. The van der Waals surface area contributed by atoms with Gasteiger partial charge in [0.1, 0.15) is 12.6 Å². The number of phosphoric acid groups is 1. The standard InChI is InChI=1S/C43H84NO9P/c1-3-5-7-9-11-13-15-17-19-20-21-22-24-26-28-30-32-34-36-50-37-40(38-51-54(48,49)52-39-41(44)43(46)47)53-42(45)35-33-31-29-27-25-23-18-16-14-12-10-8-6-4-2/h34,36,40-41H,3-33,35,37-39,44H2,1-2H3,(H,46,47)(H,48,49)/b36-34-/t40-,41+/m1/s1. The number of hydrogen-bond donors (Lipinski definition) is 3. The predicted octanol–water partition coefficient (Wildman–Crippen LogP) is 12.5. The van der Waals surface area contributed by atoms with Crippen LogP contribution in [0, 0.1) is 0 Å². The zero-order valence-electron chi connectivity index (χ0n) is 34.8. The van der Waals surface area contributed by atoms with Crippen molar-refractivity contribution in [1.29, 1.82) is 0 Å². The van der Waals surface area contributed by atoms with Gasteiger partial charge in [0.25, 0.3) is 0 Å². The third-order valence-corrected chi connectivity index (χ3v) is 10.8. The second-order valence-electron chi connectivity index (χ2n) is 15.3. The van der Waals surface area contributed by atoms with Gasteiger partial charge >= 0.3 is 19.8 Å². The number of carboxylic acids is 1. The molecule has 0 aliphatic carbocycles. The van der Waals surface area contributed by atoms with E-state index >= 15 is 0 Å². The van der Waals surface area contributed by atoms with Gasteiger partial charge in [0, 0.05) is 6.42 Å². The van der Waals surface area contributed by atoms with E-state index in [0.717, 1.165) is 25.7 Å². The van der Waals surface area contributed by atoms with Crippen molar-refractivity contribution < 1.29 is 42.7 Å². The number of phosphoric ester groups is 1. The highest BCUT2D eigenvalue weighted by molar-refractivity contribution is 7.47. The number of carboxylic acid groups (broad SMARTS) is 1. The van der Waals surface area contributed by atoms with E-state index < -0.39 is 45.1 Å². The van der Waals surface area contributed by atoms with Gasteiger partial charge in [-0.25, -0.2) is 4.57 Å². The summed E-state index contributed by atoms with van der Waals surface area (Å²) in [7, 11) is -4.62. The van der Waals surface area contributed by atoms with Crippen molar-refractivity contribution in [2.75, 3.05) is 19.8 Å². The highest BCUT2D eigenvalue weighted by atomic mass is 31.2. The summed E-state index contributed by atoms with van der Waals surface area (Å²) < 4.78 is 33.1. The Morgan fingerprint density at radius 3 is 1.35 bits per heavy atom. The van der Waals surface area contributed by atoms with Crippen molar-refractivity contribution in [2.45, 2.75) is 231 Å². The molecule has 0 amide bonds. The molecule has 0 aromatic carbocycles. The molecule has 0 aromatic rings. The number of hydrogen-bond acceptors (Lipinski definition) is 8. The fourth-order valence-electron chi connectivity index (χ4n) is 6.39. The molecule has 320 valence electrons. The lowest BCUT2D eigenvalue weighted by Crippen LogP contribution is -2.34. The molecular weight excluding hydrogens is 705 g/mol. The smallest absolute Gasteiger partial charge is 0.472 e. The molecule has 0 rings (SSSR count). The van der Waals surface area contributed by atoms with E-state index in [0.29, 0.717) is 6.42 Å². The van der Waals surface area contributed by atoms with Crippen LogP contribution >= 0.6 is 7.82 Å². The van der Waals surface area contributed by atoms with Crippen LogP contribution in [0.15, 0.2) is 12.3 Å². The fraction of sp³-hybridized carbons (Fsp3) is 0.907. The van der Waals surface area contributed by atoms with Crippen LogP contribution in [0.2, 0.25) is 0 Å². The average molecular weight is 790 g/mol. The van der Waals surface area contributed by atoms with Crippen LogP contribution in [-0.2, 0) is 32.7 Å². The maximum atomic E-state index is 12.6. The Kier molecular flexibility index (Phi) is 38.7. The fourth-order valence-corrected chi connectivity index (χ4v) is 7.17. The largest absolute Gasteiger partial charge is 0.498 e. The van der Waals surface area contributed by atoms with Gasteiger partial charge in [-0.05, 0) is 25.3 Å². The lowest BCUT2D eigenvalue weighted by molar-refractivity contribution is -0.153. The number of rotatable bonds is 43. The molecule has 1 unspecified atom stereocenters. The number of unbranched alkanes of at least 4 members (excludes halogenated alkanes) is 29. The number of carbonyl (C=O) groups excluding carboxylic acids is 1. The molecule has 0 bridgehead atoms. The third-order valence-electron chi connectivity index (χ3n) is 9.89. The van der Waals surface area contributed by atoms with Crippen LogP contribution in [0.5, 0.6) is 0 Å². The lowest BCUT2D eigenvalue weighted by Gasteiger charge is -2.20. The first-order chi connectivity index (χ1) is 26.2. The molecule has 54 heavy (non-hydrogen) atoms. The molecule has 0 aliphatic heterocycles. The monoisotopic (exact) mass is 790 g/mol. The number of carbonyl (C=O) groups is 2. The van der Waals surface area contributed by atoms with Crippen LogP contribution in [0.1, 0.15) is 219 Å². The van der Waals surface area contributed by atoms with E-state index in [-0.39, 0.29) is 13.0 Å². The maximum absolute atomic E-state index is 12.6. The molecular formula is C43H84NO9P. The van der Waals surface area contributed by atoms with Gasteiger partial charge in [0.05, 0.1) is 19.5 Å². The Bertz CT molecular complexity index is 919. The number of esters is 1. The van der Waals surface area contributed by atoms with Gasteiger partial charge in [0.2, 0.25) is 0 Å². The second kappa shape index (κ2) is 39.8. The predicted molar refractivity (Wildman–Crippen MR) is 221 cm³/mol. The maximum Gasteiger partial charge on any atom is 0.472 e. The summed E-state index contributed by atoms with van der Waals surface area (Å²) in [6.07, 6.45) is 42.1. The first kappa shape index (κ1) is 52.6. The number of nitrogens with two attached hydrogens (primary N) is 1. The molecule has 0 spiro atoms.